The van der Waals surface area contributed by atoms with Gasteiger partial charge in [-0.25, -0.2) is 0 Å². The first-order chi connectivity index (χ1) is 8.17. The van der Waals surface area contributed by atoms with Crippen molar-refractivity contribution in [3.8, 4) is 0 Å². The number of carbonyl (C=O) groups is 1. The largest absolute Gasteiger partial charge is 0.480 e. The molecule has 0 bridgehead atoms. The van der Waals surface area contributed by atoms with Crippen LogP contribution in [-0.4, -0.2) is 27.4 Å². The van der Waals surface area contributed by atoms with Gasteiger partial charge in [-0.3, -0.25) is 9.48 Å². The molecule has 0 spiro atoms. The minimum atomic E-state index is -0.840. The van der Waals surface area contributed by atoms with Crippen LogP contribution < -0.4 is 5.73 Å². The molecule has 1 atom stereocenters. The lowest BCUT2D eigenvalue weighted by Crippen LogP contribution is -2.21. The molecule has 1 heterocycles. The number of rotatable bonds is 4. The van der Waals surface area contributed by atoms with Gasteiger partial charge in [-0.1, -0.05) is 6.92 Å². The van der Waals surface area contributed by atoms with E-state index in [4.69, 9.17) is 10.8 Å². The average molecular weight is 237 g/mol. The number of nitrogens with two attached hydrogens (primary N) is 1. The number of aliphatic carboxylic acids is 1. The smallest absolute Gasteiger partial charge is 0.325 e. The van der Waals surface area contributed by atoms with Crippen molar-refractivity contribution in [3.63, 3.8) is 0 Å². The molecule has 17 heavy (non-hydrogen) atoms. The molecule has 5 nitrogen and oxygen atoms in total. The summed E-state index contributed by atoms with van der Waals surface area (Å²) in [6.07, 6.45) is 3.93. The van der Waals surface area contributed by atoms with Gasteiger partial charge in [-0.2, -0.15) is 5.10 Å². The number of hydrogen-bond donors (Lipinski definition) is 2. The summed E-state index contributed by atoms with van der Waals surface area (Å²) in [4.78, 5) is 10.8. The normalized spacial score (nSPS) is 19.1. The number of hydrogen-bond acceptors (Lipinski definition) is 3. The summed E-state index contributed by atoms with van der Waals surface area (Å²) in [6.45, 7) is 2.63. The first-order valence-corrected chi connectivity index (χ1v) is 6.17. The third-order valence-electron chi connectivity index (χ3n) is 3.45. The molecule has 94 valence electrons. The van der Waals surface area contributed by atoms with Gasteiger partial charge in [0, 0.05) is 11.3 Å². The van der Waals surface area contributed by atoms with Crippen LogP contribution in [-0.2, 0) is 24.2 Å². The minimum Gasteiger partial charge on any atom is -0.480 e. The molecule has 1 unspecified atom stereocenters. The number of nitrogens with zero attached hydrogens (tertiary/aromatic N) is 2. The van der Waals surface area contributed by atoms with E-state index in [2.05, 4.69) is 12.0 Å². The Balaban J connectivity index is 2.43. The lowest BCUT2D eigenvalue weighted by Gasteiger charge is -2.22. The van der Waals surface area contributed by atoms with Crippen LogP contribution in [0.4, 0.5) is 0 Å². The van der Waals surface area contributed by atoms with E-state index in [0.717, 1.165) is 37.1 Å². The Kier molecular flexibility index (Phi) is 3.47. The molecule has 0 saturated carbocycles. The van der Waals surface area contributed by atoms with Crippen molar-refractivity contribution in [3.05, 3.63) is 17.0 Å². The van der Waals surface area contributed by atoms with Crippen LogP contribution in [0.1, 0.15) is 42.6 Å². The molecular weight excluding hydrogens is 218 g/mol. The molecule has 2 rings (SSSR count). The van der Waals surface area contributed by atoms with Crippen molar-refractivity contribution >= 4 is 5.97 Å². The highest BCUT2D eigenvalue weighted by Crippen LogP contribution is 2.33. The zero-order valence-corrected chi connectivity index (χ0v) is 10.1. The molecule has 3 N–H and O–H groups in total. The van der Waals surface area contributed by atoms with Gasteiger partial charge in [0.05, 0.1) is 5.69 Å². The molecule has 0 saturated heterocycles. The monoisotopic (exact) mass is 237 g/mol. The van der Waals surface area contributed by atoms with Crippen molar-refractivity contribution in [2.75, 3.05) is 6.54 Å². The summed E-state index contributed by atoms with van der Waals surface area (Å²) < 4.78 is 1.65. The van der Waals surface area contributed by atoms with Crippen molar-refractivity contribution < 1.29 is 9.90 Å². The summed E-state index contributed by atoms with van der Waals surface area (Å²) in [5.41, 5.74) is 9.14. The molecule has 0 amide bonds. The van der Waals surface area contributed by atoms with Crippen molar-refractivity contribution in [1.82, 2.24) is 9.78 Å². The second-order valence-corrected chi connectivity index (χ2v) is 4.54. The third kappa shape index (κ3) is 2.20. The lowest BCUT2D eigenvalue weighted by atomic mass is 9.85. The Morgan fingerprint density at radius 1 is 1.65 bits per heavy atom. The number of aryl methyl sites for hydroxylation is 1. The van der Waals surface area contributed by atoms with E-state index < -0.39 is 5.97 Å². The van der Waals surface area contributed by atoms with Crippen molar-refractivity contribution in [2.45, 2.75) is 45.1 Å². The summed E-state index contributed by atoms with van der Waals surface area (Å²) >= 11 is 0. The number of fused-ring (bicyclic) bond motifs is 1. The lowest BCUT2D eigenvalue weighted by molar-refractivity contribution is -0.137. The molecule has 0 fully saturated rings. The van der Waals surface area contributed by atoms with Gasteiger partial charge in [0.25, 0.3) is 0 Å². The number of aromatic nitrogens is 2. The first-order valence-electron chi connectivity index (χ1n) is 6.17. The maximum absolute atomic E-state index is 10.8. The second kappa shape index (κ2) is 4.87. The van der Waals surface area contributed by atoms with E-state index in [-0.39, 0.29) is 6.54 Å². The van der Waals surface area contributed by atoms with Crippen LogP contribution in [0.5, 0.6) is 0 Å². The van der Waals surface area contributed by atoms with Crippen LogP contribution in [0.25, 0.3) is 0 Å². The highest BCUT2D eigenvalue weighted by atomic mass is 16.4. The van der Waals surface area contributed by atoms with E-state index in [9.17, 15) is 4.79 Å². The molecule has 5 heteroatoms. The summed E-state index contributed by atoms with van der Waals surface area (Å²) in [5.74, 6) is -0.482. The van der Waals surface area contributed by atoms with E-state index in [1.54, 1.807) is 4.68 Å². The Hall–Kier alpha value is -1.36. The van der Waals surface area contributed by atoms with Crippen LogP contribution in [0.2, 0.25) is 0 Å². The summed E-state index contributed by atoms with van der Waals surface area (Å²) in [5, 5.41) is 13.3. The third-order valence-corrected chi connectivity index (χ3v) is 3.45. The second-order valence-electron chi connectivity index (χ2n) is 4.54. The molecule has 0 aromatic carbocycles. The van der Waals surface area contributed by atoms with Crippen LogP contribution in [0, 0.1) is 0 Å². The Morgan fingerprint density at radius 3 is 3.00 bits per heavy atom. The highest BCUT2D eigenvalue weighted by molar-refractivity contribution is 5.66. The molecule has 1 aliphatic rings. The SMILES string of the molecule is CCc1nn(CC(=O)O)c2c1C(CN)CCC2. The van der Waals surface area contributed by atoms with E-state index in [0.29, 0.717) is 12.5 Å². The maximum Gasteiger partial charge on any atom is 0.325 e. The van der Waals surface area contributed by atoms with Gasteiger partial charge < -0.3 is 10.8 Å². The molecular formula is C12H19N3O2. The predicted molar refractivity (Wildman–Crippen MR) is 64.0 cm³/mol. The van der Waals surface area contributed by atoms with Gasteiger partial charge in [0.15, 0.2) is 0 Å². The fourth-order valence-corrected chi connectivity index (χ4v) is 2.72. The quantitative estimate of drug-likeness (QED) is 0.815. The minimum absolute atomic E-state index is 0.0420. The standard InChI is InChI=1S/C12H19N3O2/c1-2-9-12-8(6-13)4-3-5-10(12)15(14-9)7-11(16)17/h8H,2-7,13H2,1H3,(H,16,17). The highest BCUT2D eigenvalue weighted by Gasteiger charge is 2.27. The fourth-order valence-electron chi connectivity index (χ4n) is 2.72. The molecule has 1 aliphatic carbocycles. The van der Waals surface area contributed by atoms with Gasteiger partial charge in [-0.05, 0) is 38.1 Å². The van der Waals surface area contributed by atoms with Crippen molar-refractivity contribution in [1.29, 1.82) is 0 Å². The zero-order valence-electron chi connectivity index (χ0n) is 10.1. The van der Waals surface area contributed by atoms with Gasteiger partial charge in [0.1, 0.15) is 6.54 Å². The summed E-state index contributed by atoms with van der Waals surface area (Å²) in [6, 6.07) is 0. The molecule has 1 aromatic heterocycles. The van der Waals surface area contributed by atoms with E-state index in [1.165, 1.54) is 5.56 Å². The Bertz CT molecular complexity index is 426. The van der Waals surface area contributed by atoms with E-state index >= 15 is 0 Å². The van der Waals surface area contributed by atoms with Gasteiger partial charge in [-0.15, -0.1) is 0 Å². The van der Waals surface area contributed by atoms with E-state index in [1.807, 2.05) is 0 Å². The zero-order chi connectivity index (χ0) is 12.4. The first kappa shape index (κ1) is 12.1. The van der Waals surface area contributed by atoms with Crippen molar-refractivity contribution in [2.24, 2.45) is 5.73 Å². The topological polar surface area (TPSA) is 81.1 Å². The van der Waals surface area contributed by atoms with Crippen LogP contribution in [0.15, 0.2) is 0 Å². The Morgan fingerprint density at radius 2 is 2.41 bits per heavy atom. The van der Waals surface area contributed by atoms with Crippen LogP contribution in [0.3, 0.4) is 0 Å². The summed E-state index contributed by atoms with van der Waals surface area (Å²) in [7, 11) is 0. The van der Waals surface area contributed by atoms with Gasteiger partial charge >= 0.3 is 5.97 Å². The molecule has 1 aromatic rings. The van der Waals surface area contributed by atoms with Gasteiger partial charge in [0.2, 0.25) is 0 Å². The maximum atomic E-state index is 10.8. The molecule has 0 aliphatic heterocycles. The number of carboxylic acid groups (broad SMARTS) is 1. The molecule has 0 radical (unpaired) electrons. The average Bonchev–Trinajstić information content (AvgIpc) is 2.67. The van der Waals surface area contributed by atoms with Crippen LogP contribution >= 0.6 is 0 Å². The number of carboxylic acids is 1. The fraction of sp³-hybridized carbons (Fsp3) is 0.667. The Labute approximate surface area is 101 Å². The predicted octanol–water partition coefficient (Wildman–Crippen LogP) is 0.909.